The third kappa shape index (κ3) is 5.41. The van der Waals surface area contributed by atoms with Crippen LogP contribution in [0, 0.1) is 0 Å². The van der Waals surface area contributed by atoms with Crippen LogP contribution in [-0.4, -0.2) is 84.2 Å². The van der Waals surface area contributed by atoms with Crippen LogP contribution in [0.2, 0.25) is 0 Å². The maximum atomic E-state index is 12.5. The number of aryl methyl sites for hydroxylation is 1. The average molecular weight is 525 g/mol. The molecule has 2 aromatic rings. The van der Waals surface area contributed by atoms with Crippen molar-refractivity contribution in [3.05, 3.63) is 29.3 Å². The van der Waals surface area contributed by atoms with E-state index < -0.39 is 11.7 Å². The van der Waals surface area contributed by atoms with Gasteiger partial charge in [-0.15, -0.1) is 0 Å². The van der Waals surface area contributed by atoms with E-state index in [0.717, 1.165) is 47.6 Å². The molecule has 11 nitrogen and oxygen atoms in total. The number of hydrogen-bond donors (Lipinski definition) is 2. The number of amides is 3. The highest BCUT2D eigenvalue weighted by molar-refractivity contribution is 5.91. The molecule has 3 aliphatic rings. The second kappa shape index (κ2) is 10.2. The summed E-state index contributed by atoms with van der Waals surface area (Å²) in [7, 11) is 0. The number of rotatable bonds is 4. The van der Waals surface area contributed by atoms with Gasteiger partial charge in [-0.3, -0.25) is 14.8 Å². The van der Waals surface area contributed by atoms with Crippen molar-refractivity contribution in [1.29, 1.82) is 0 Å². The van der Waals surface area contributed by atoms with Crippen LogP contribution >= 0.6 is 0 Å². The fraction of sp³-hybridized carbons (Fsp3) is 0.556. The first-order valence-corrected chi connectivity index (χ1v) is 13.2. The lowest BCUT2D eigenvalue weighted by atomic mass is 10.0. The van der Waals surface area contributed by atoms with Gasteiger partial charge in [-0.25, -0.2) is 9.59 Å². The molecule has 1 aromatic carbocycles. The van der Waals surface area contributed by atoms with E-state index in [0.29, 0.717) is 39.3 Å². The Kier molecular flexibility index (Phi) is 6.93. The Labute approximate surface area is 222 Å². The molecule has 1 atom stereocenters. The number of carbonyl (C=O) groups is 3. The Balaban J connectivity index is 1.29. The molecule has 2 saturated heterocycles. The molecule has 3 amide bonds. The molecule has 0 unspecified atom stereocenters. The van der Waals surface area contributed by atoms with E-state index in [2.05, 4.69) is 21.4 Å². The molecular weight excluding hydrogens is 488 g/mol. The zero-order chi connectivity index (χ0) is 27.0. The Morgan fingerprint density at radius 1 is 1.18 bits per heavy atom. The molecule has 0 radical (unpaired) electrons. The number of hydrogen-bond acceptors (Lipinski definition) is 7. The average Bonchev–Trinajstić information content (AvgIpc) is 3.40. The SMILES string of the molecule is CC(=O)NC[C@H]1CN(c2ccc3c(c2)CCCc2c(N4CCN(C(=O)OC(C)(C)C)CC4)n[nH]c2-3)C(=O)O1. The minimum Gasteiger partial charge on any atom is -0.444 e. The van der Waals surface area contributed by atoms with Crippen LogP contribution < -0.4 is 15.1 Å². The number of aromatic nitrogens is 2. The topological polar surface area (TPSA) is 120 Å². The minimum absolute atomic E-state index is 0.149. The summed E-state index contributed by atoms with van der Waals surface area (Å²) in [6.45, 7) is 10.3. The van der Waals surface area contributed by atoms with Gasteiger partial charge in [0, 0.05) is 49.9 Å². The molecule has 2 aliphatic heterocycles. The van der Waals surface area contributed by atoms with Crippen molar-refractivity contribution < 1.29 is 23.9 Å². The number of anilines is 2. The molecule has 0 saturated carbocycles. The molecule has 2 N–H and O–H groups in total. The van der Waals surface area contributed by atoms with Gasteiger partial charge in [0.2, 0.25) is 5.91 Å². The van der Waals surface area contributed by atoms with Crippen molar-refractivity contribution in [2.24, 2.45) is 0 Å². The number of piperazine rings is 1. The van der Waals surface area contributed by atoms with Gasteiger partial charge < -0.3 is 24.6 Å². The summed E-state index contributed by atoms with van der Waals surface area (Å²) in [5.41, 5.74) is 4.74. The largest absolute Gasteiger partial charge is 0.444 e. The van der Waals surface area contributed by atoms with Crippen molar-refractivity contribution in [3.63, 3.8) is 0 Å². The Morgan fingerprint density at radius 3 is 2.66 bits per heavy atom. The third-order valence-electron chi connectivity index (χ3n) is 7.07. The summed E-state index contributed by atoms with van der Waals surface area (Å²) < 4.78 is 11.0. The van der Waals surface area contributed by atoms with Crippen LogP contribution in [0.15, 0.2) is 18.2 Å². The fourth-order valence-corrected chi connectivity index (χ4v) is 5.25. The van der Waals surface area contributed by atoms with Crippen LogP contribution in [0.25, 0.3) is 11.3 Å². The van der Waals surface area contributed by atoms with Gasteiger partial charge in [0.1, 0.15) is 11.7 Å². The van der Waals surface area contributed by atoms with Crippen molar-refractivity contribution in [2.45, 2.75) is 58.7 Å². The number of aromatic amines is 1. The number of carbonyl (C=O) groups excluding carboxylic acids is 3. The summed E-state index contributed by atoms with van der Waals surface area (Å²) in [4.78, 5) is 41.8. The summed E-state index contributed by atoms with van der Waals surface area (Å²) in [5.74, 6) is 0.800. The van der Waals surface area contributed by atoms with E-state index in [1.165, 1.54) is 12.5 Å². The molecule has 1 aromatic heterocycles. The van der Waals surface area contributed by atoms with Crippen molar-refractivity contribution in [1.82, 2.24) is 20.4 Å². The minimum atomic E-state index is -0.509. The standard InChI is InChI=1S/C27H36N6O5/c1-17(34)28-15-20-16-33(26(36)37-20)19-8-9-21-18(14-19)6-5-7-22-23(21)29-30-24(22)31-10-12-32(13-11-31)25(35)38-27(2,3)4/h8-9,14,20H,5-7,10-13,15-16H2,1-4H3,(H,28,34)(H,29,30)/t20-/m0/s1. The maximum Gasteiger partial charge on any atom is 0.414 e. The Bertz CT molecular complexity index is 1230. The number of benzene rings is 1. The molecule has 2 fully saturated rings. The molecule has 204 valence electrons. The summed E-state index contributed by atoms with van der Waals surface area (Å²) >= 11 is 0. The first kappa shape index (κ1) is 25.9. The van der Waals surface area contributed by atoms with Crippen molar-refractivity contribution in [2.75, 3.05) is 49.1 Å². The highest BCUT2D eigenvalue weighted by atomic mass is 16.6. The van der Waals surface area contributed by atoms with E-state index >= 15 is 0 Å². The lowest BCUT2D eigenvalue weighted by molar-refractivity contribution is -0.119. The molecule has 0 bridgehead atoms. The molecule has 1 aliphatic carbocycles. The van der Waals surface area contributed by atoms with Crippen LogP contribution in [0.4, 0.5) is 21.1 Å². The van der Waals surface area contributed by atoms with Crippen LogP contribution in [-0.2, 0) is 27.1 Å². The second-order valence-electron chi connectivity index (χ2n) is 11.1. The van der Waals surface area contributed by atoms with E-state index in [-0.39, 0.29) is 18.1 Å². The smallest absolute Gasteiger partial charge is 0.414 e. The monoisotopic (exact) mass is 524 g/mol. The van der Waals surface area contributed by atoms with Gasteiger partial charge in [0.25, 0.3) is 0 Å². The molecule has 5 rings (SSSR count). The number of ether oxygens (including phenoxy) is 2. The van der Waals surface area contributed by atoms with Gasteiger partial charge >= 0.3 is 12.2 Å². The predicted octanol–water partition coefficient (Wildman–Crippen LogP) is 3.08. The van der Waals surface area contributed by atoms with Crippen LogP contribution in [0.1, 0.15) is 45.2 Å². The molecule has 3 heterocycles. The zero-order valence-electron chi connectivity index (χ0n) is 22.5. The van der Waals surface area contributed by atoms with E-state index in [1.807, 2.05) is 32.9 Å². The van der Waals surface area contributed by atoms with Gasteiger partial charge in [0.15, 0.2) is 5.82 Å². The second-order valence-corrected chi connectivity index (χ2v) is 11.1. The summed E-state index contributed by atoms with van der Waals surface area (Å²) in [6, 6.07) is 6.05. The van der Waals surface area contributed by atoms with Crippen LogP contribution in [0.5, 0.6) is 0 Å². The summed E-state index contributed by atoms with van der Waals surface area (Å²) in [6.07, 6.45) is 1.69. The molecule has 11 heteroatoms. The quantitative estimate of drug-likeness (QED) is 0.631. The number of nitrogens with one attached hydrogen (secondary N) is 2. The highest BCUT2D eigenvalue weighted by Crippen LogP contribution is 2.38. The highest BCUT2D eigenvalue weighted by Gasteiger charge is 2.34. The first-order chi connectivity index (χ1) is 18.1. The van der Waals surface area contributed by atoms with Crippen LogP contribution in [0.3, 0.4) is 0 Å². The zero-order valence-corrected chi connectivity index (χ0v) is 22.5. The Hall–Kier alpha value is -3.76. The predicted molar refractivity (Wildman–Crippen MR) is 142 cm³/mol. The maximum absolute atomic E-state index is 12.5. The van der Waals surface area contributed by atoms with E-state index in [1.54, 1.807) is 9.80 Å². The number of fused-ring (bicyclic) bond motifs is 3. The normalized spacial score (nSPS) is 19.4. The number of H-pyrrole nitrogens is 1. The number of nitrogens with zero attached hydrogens (tertiary/aromatic N) is 4. The van der Waals surface area contributed by atoms with Gasteiger partial charge in [-0.2, -0.15) is 5.10 Å². The third-order valence-corrected chi connectivity index (χ3v) is 7.07. The van der Waals surface area contributed by atoms with Gasteiger partial charge in [-0.05, 0) is 57.7 Å². The lowest BCUT2D eigenvalue weighted by Crippen LogP contribution is -2.50. The lowest BCUT2D eigenvalue weighted by Gasteiger charge is -2.36. The first-order valence-electron chi connectivity index (χ1n) is 13.2. The fourth-order valence-electron chi connectivity index (χ4n) is 5.25. The van der Waals surface area contributed by atoms with Gasteiger partial charge in [-0.1, -0.05) is 6.07 Å². The van der Waals surface area contributed by atoms with Gasteiger partial charge in [0.05, 0.1) is 18.8 Å². The van der Waals surface area contributed by atoms with E-state index in [9.17, 15) is 14.4 Å². The van der Waals surface area contributed by atoms with E-state index in [4.69, 9.17) is 14.6 Å². The number of cyclic esters (lactones) is 1. The Morgan fingerprint density at radius 2 is 1.95 bits per heavy atom. The molecular formula is C27H36N6O5. The van der Waals surface area contributed by atoms with Crippen molar-refractivity contribution >= 4 is 29.6 Å². The molecule has 0 spiro atoms. The summed E-state index contributed by atoms with van der Waals surface area (Å²) in [5, 5.41) is 10.7. The van der Waals surface area contributed by atoms with Crippen molar-refractivity contribution in [3.8, 4) is 11.3 Å². The molecule has 38 heavy (non-hydrogen) atoms.